The zero-order chi connectivity index (χ0) is 23.9. The first-order valence-electron chi connectivity index (χ1n) is 11.2. The van der Waals surface area contributed by atoms with Gasteiger partial charge in [-0.05, 0) is 36.8 Å². The molecule has 1 aliphatic carbocycles. The first-order chi connectivity index (χ1) is 16.3. The molecule has 5 rings (SSSR count). The number of nitrogens with two attached hydrogens (primary N) is 1. The van der Waals surface area contributed by atoms with E-state index in [0.717, 1.165) is 35.1 Å². The zero-order valence-corrected chi connectivity index (χ0v) is 19.5. The minimum absolute atomic E-state index is 0.0224. The number of benzene rings is 1. The number of oxazole rings is 1. The molecule has 1 aliphatic rings. The van der Waals surface area contributed by atoms with Gasteiger partial charge in [0.2, 0.25) is 17.7 Å². The van der Waals surface area contributed by atoms with Crippen LogP contribution in [0, 0.1) is 5.92 Å². The van der Waals surface area contributed by atoms with Crippen LogP contribution < -0.4 is 5.73 Å². The van der Waals surface area contributed by atoms with Gasteiger partial charge in [0.1, 0.15) is 18.5 Å². The molecule has 9 nitrogen and oxygen atoms in total. The van der Waals surface area contributed by atoms with Crippen LogP contribution in [-0.2, 0) is 16.8 Å². The van der Waals surface area contributed by atoms with E-state index in [0.29, 0.717) is 17.5 Å². The summed E-state index contributed by atoms with van der Waals surface area (Å²) in [5.74, 6) is 1.39. The molecule has 2 N–H and O–H groups in total. The van der Waals surface area contributed by atoms with Crippen molar-refractivity contribution in [1.82, 2.24) is 29.6 Å². The fourth-order valence-corrected chi connectivity index (χ4v) is 4.20. The van der Waals surface area contributed by atoms with Gasteiger partial charge in [0.05, 0.1) is 11.6 Å². The second-order valence-electron chi connectivity index (χ2n) is 9.14. The molecular weight excluding hydrogens is 430 g/mol. The van der Waals surface area contributed by atoms with Crippen LogP contribution in [0.25, 0.3) is 22.4 Å². The zero-order valence-electron chi connectivity index (χ0n) is 19.5. The van der Waals surface area contributed by atoms with E-state index < -0.39 is 0 Å². The van der Waals surface area contributed by atoms with Gasteiger partial charge in [0.15, 0.2) is 0 Å². The molecule has 174 valence electrons. The number of likely N-dealkylation sites (N-methyl/N-ethyl adjacent to an activating group) is 1. The topological polar surface area (TPSA) is 116 Å². The normalized spacial score (nSPS) is 15.1. The van der Waals surface area contributed by atoms with Gasteiger partial charge in [-0.2, -0.15) is 5.10 Å². The molecule has 0 aliphatic heterocycles. The summed E-state index contributed by atoms with van der Waals surface area (Å²) < 4.78 is 7.66. The summed E-state index contributed by atoms with van der Waals surface area (Å²) in [6.45, 7) is 2.38. The van der Waals surface area contributed by atoms with Crippen molar-refractivity contribution in [3.05, 3.63) is 66.8 Å². The molecule has 0 bridgehead atoms. The Bertz CT molecular complexity index is 1300. The quantitative estimate of drug-likeness (QED) is 0.452. The van der Waals surface area contributed by atoms with Gasteiger partial charge in [0.25, 0.3) is 0 Å². The molecule has 0 radical (unpaired) electrons. The molecule has 0 saturated heterocycles. The third-order valence-electron chi connectivity index (χ3n) is 6.56. The maximum atomic E-state index is 12.0. The Labute approximate surface area is 197 Å². The Kier molecular flexibility index (Phi) is 5.39. The highest BCUT2D eigenvalue weighted by atomic mass is 16.3. The number of hydrogen-bond donors (Lipinski definition) is 1. The van der Waals surface area contributed by atoms with Crippen LogP contribution >= 0.6 is 0 Å². The van der Waals surface area contributed by atoms with Crippen LogP contribution in [-0.4, -0.2) is 49.6 Å². The predicted molar refractivity (Wildman–Crippen MR) is 127 cm³/mol. The third-order valence-corrected chi connectivity index (χ3v) is 6.56. The van der Waals surface area contributed by atoms with Gasteiger partial charge < -0.3 is 15.1 Å². The van der Waals surface area contributed by atoms with Crippen molar-refractivity contribution in [2.24, 2.45) is 5.92 Å². The fraction of sp³-hybridized carbons (Fsp3) is 0.320. The average molecular weight is 458 g/mol. The molecule has 1 aromatic carbocycles. The van der Waals surface area contributed by atoms with Crippen LogP contribution in [0.5, 0.6) is 0 Å². The number of carbonyl (C=O) groups excluding carboxylic acids is 1. The maximum Gasteiger partial charge on any atom is 0.243 e. The molecule has 1 amide bonds. The van der Waals surface area contributed by atoms with Crippen molar-refractivity contribution in [2.75, 3.05) is 19.8 Å². The highest BCUT2D eigenvalue weighted by molar-refractivity contribution is 5.75. The Morgan fingerprint density at radius 1 is 1.12 bits per heavy atom. The van der Waals surface area contributed by atoms with Gasteiger partial charge in [-0.25, -0.2) is 15.0 Å². The van der Waals surface area contributed by atoms with Crippen LogP contribution in [0.4, 0.5) is 5.95 Å². The third kappa shape index (κ3) is 4.05. The fourth-order valence-electron chi connectivity index (χ4n) is 4.20. The molecule has 34 heavy (non-hydrogen) atoms. The van der Waals surface area contributed by atoms with Crippen molar-refractivity contribution < 1.29 is 9.21 Å². The summed E-state index contributed by atoms with van der Waals surface area (Å²) >= 11 is 0. The lowest BCUT2D eigenvalue weighted by Crippen LogP contribution is -2.26. The van der Waals surface area contributed by atoms with Crippen molar-refractivity contribution in [2.45, 2.75) is 31.7 Å². The molecule has 3 aromatic heterocycles. The molecule has 9 heteroatoms. The summed E-state index contributed by atoms with van der Waals surface area (Å²) in [4.78, 5) is 26.6. The van der Waals surface area contributed by atoms with Gasteiger partial charge in [-0.3, -0.25) is 9.48 Å². The molecular formula is C25H27N7O2. The molecule has 0 spiro atoms. The van der Waals surface area contributed by atoms with Crippen molar-refractivity contribution in [3.8, 4) is 22.4 Å². The monoisotopic (exact) mass is 457 g/mol. The van der Waals surface area contributed by atoms with Gasteiger partial charge in [0, 0.05) is 43.8 Å². The van der Waals surface area contributed by atoms with Gasteiger partial charge in [-0.15, -0.1) is 0 Å². The minimum Gasteiger partial charge on any atom is -0.447 e. The number of carbonyl (C=O) groups is 1. The van der Waals surface area contributed by atoms with E-state index in [1.807, 2.05) is 6.20 Å². The van der Waals surface area contributed by atoms with E-state index >= 15 is 0 Å². The summed E-state index contributed by atoms with van der Waals surface area (Å²) in [5.41, 5.74) is 9.88. The lowest BCUT2D eigenvalue weighted by molar-refractivity contribution is -0.129. The smallest absolute Gasteiger partial charge is 0.243 e. The summed E-state index contributed by atoms with van der Waals surface area (Å²) in [6, 6.07) is 8.39. The molecule has 0 unspecified atom stereocenters. The number of hydrogen-bond acceptors (Lipinski definition) is 7. The number of rotatable bonds is 7. The van der Waals surface area contributed by atoms with Crippen molar-refractivity contribution in [1.29, 1.82) is 0 Å². The maximum absolute atomic E-state index is 12.0. The van der Waals surface area contributed by atoms with E-state index in [1.54, 1.807) is 48.5 Å². The summed E-state index contributed by atoms with van der Waals surface area (Å²) in [5, 5.41) is 4.31. The van der Waals surface area contributed by atoms with Crippen LogP contribution in [0.3, 0.4) is 0 Å². The highest BCUT2D eigenvalue weighted by Gasteiger charge is 2.47. The second kappa shape index (κ2) is 8.40. The van der Waals surface area contributed by atoms with Gasteiger partial charge >= 0.3 is 0 Å². The molecule has 1 fully saturated rings. The molecule has 1 atom stereocenters. The van der Waals surface area contributed by atoms with E-state index in [4.69, 9.17) is 15.1 Å². The lowest BCUT2D eigenvalue weighted by Gasteiger charge is -2.27. The van der Waals surface area contributed by atoms with Crippen LogP contribution in [0.15, 0.2) is 59.7 Å². The van der Waals surface area contributed by atoms with Crippen molar-refractivity contribution in [3.63, 3.8) is 0 Å². The number of aromatic nitrogens is 5. The van der Waals surface area contributed by atoms with Crippen LogP contribution in [0.1, 0.15) is 31.2 Å². The predicted octanol–water partition coefficient (Wildman–Crippen LogP) is 3.38. The number of nitrogens with zero attached hydrogens (tertiary/aromatic N) is 6. The van der Waals surface area contributed by atoms with E-state index in [-0.39, 0.29) is 23.8 Å². The average Bonchev–Trinajstić information content (AvgIpc) is 3.39. The number of anilines is 1. The largest absolute Gasteiger partial charge is 0.447 e. The number of nitrogen functional groups attached to an aromatic ring is 1. The first-order valence-corrected chi connectivity index (χ1v) is 11.2. The SMILES string of the molecule is CN(C)C(=O)Cn1cc(-c2coc([C@@](C)(c3ccc(-c4cnc(N)nc4)cc3)C3CC3)n2)cn1. The van der Waals surface area contributed by atoms with Crippen LogP contribution in [0.2, 0.25) is 0 Å². The van der Waals surface area contributed by atoms with E-state index in [2.05, 4.69) is 46.3 Å². The highest BCUT2D eigenvalue weighted by Crippen LogP contribution is 2.51. The Hall–Kier alpha value is -4.01. The molecule has 3 heterocycles. The first kappa shape index (κ1) is 21.8. The summed E-state index contributed by atoms with van der Waals surface area (Å²) in [6.07, 6.45) is 10.9. The Morgan fingerprint density at radius 3 is 2.47 bits per heavy atom. The van der Waals surface area contributed by atoms with Crippen molar-refractivity contribution >= 4 is 11.9 Å². The second-order valence-corrected chi connectivity index (χ2v) is 9.14. The molecule has 1 saturated carbocycles. The van der Waals surface area contributed by atoms with E-state index in [1.165, 1.54) is 0 Å². The lowest BCUT2D eigenvalue weighted by atomic mass is 9.77. The van der Waals surface area contributed by atoms with E-state index in [9.17, 15) is 4.79 Å². The minimum atomic E-state index is -0.342. The Balaban J connectivity index is 1.41. The molecule has 4 aromatic rings. The Morgan fingerprint density at radius 2 is 1.82 bits per heavy atom. The summed E-state index contributed by atoms with van der Waals surface area (Å²) in [7, 11) is 3.46. The number of amides is 1. The van der Waals surface area contributed by atoms with Gasteiger partial charge in [-0.1, -0.05) is 24.3 Å². The standard InChI is InChI=1S/C25H27N7O2/c1-25(20-8-9-20,19-6-4-16(5-7-19)17-10-27-24(26)28-11-17)23-30-21(15-34-23)18-12-29-32(13-18)14-22(33)31(2)3/h4-7,10-13,15,20H,8-9,14H2,1-3H3,(H2,26,27,28)/t25-/m0/s1.